The number of benzene rings is 1. The lowest BCUT2D eigenvalue weighted by Crippen LogP contribution is -2.42. The van der Waals surface area contributed by atoms with E-state index in [0.29, 0.717) is 0 Å². The number of aliphatic hydroxyl groups is 2. The van der Waals surface area contributed by atoms with Crippen molar-refractivity contribution in [3.63, 3.8) is 0 Å². The Balaban J connectivity index is 2.85. The van der Waals surface area contributed by atoms with Gasteiger partial charge in [0, 0.05) is 6.26 Å². The van der Waals surface area contributed by atoms with Crippen LogP contribution in [0.25, 0.3) is 0 Å². The van der Waals surface area contributed by atoms with Gasteiger partial charge in [0.1, 0.15) is 12.5 Å². The predicted octanol–water partition coefficient (Wildman–Crippen LogP) is -0.925. The number of hydrogen-bond donors (Lipinski definition) is 4. The second-order valence-electron chi connectivity index (χ2n) is 4.71. The molecule has 0 aliphatic rings. The zero-order valence-corrected chi connectivity index (χ0v) is 12.6. The summed E-state index contributed by atoms with van der Waals surface area (Å²) in [5, 5.41) is 30.0. The van der Waals surface area contributed by atoms with Crippen LogP contribution in [0.3, 0.4) is 0 Å². The predicted molar refractivity (Wildman–Crippen MR) is 75.8 cm³/mol. The molecule has 0 heterocycles. The third kappa shape index (κ3) is 5.10. The van der Waals surface area contributed by atoms with E-state index in [1.54, 1.807) is 0 Å². The second-order valence-corrected chi connectivity index (χ2v) is 6.73. The van der Waals surface area contributed by atoms with Crippen molar-refractivity contribution in [2.45, 2.75) is 23.5 Å². The van der Waals surface area contributed by atoms with Crippen LogP contribution in [-0.4, -0.2) is 54.5 Å². The van der Waals surface area contributed by atoms with Crippen LogP contribution in [0.2, 0.25) is 0 Å². The van der Waals surface area contributed by atoms with Crippen LogP contribution in [0.15, 0.2) is 29.2 Å². The number of carboxylic acid groups (broad SMARTS) is 1. The van der Waals surface area contributed by atoms with Crippen LogP contribution in [0.4, 0.5) is 0 Å². The van der Waals surface area contributed by atoms with E-state index in [1.807, 2.05) is 0 Å². The number of carbonyl (C=O) groups is 2. The lowest BCUT2D eigenvalue weighted by atomic mass is 10.0. The normalized spacial score (nSPS) is 14.1. The van der Waals surface area contributed by atoms with Crippen molar-refractivity contribution < 1.29 is 33.3 Å². The molecule has 0 spiro atoms. The Kier molecular flexibility index (Phi) is 6.03. The molecule has 0 aromatic heterocycles. The maximum atomic E-state index is 11.4. The molecule has 1 aromatic rings. The molecule has 0 bridgehead atoms. The average Bonchev–Trinajstić information content (AvgIpc) is 2.42. The van der Waals surface area contributed by atoms with E-state index in [2.05, 4.69) is 5.32 Å². The smallest absolute Gasteiger partial charge is 0.312 e. The summed E-state index contributed by atoms with van der Waals surface area (Å²) in [4.78, 5) is 21.8. The molecule has 2 unspecified atom stereocenters. The highest BCUT2D eigenvalue weighted by atomic mass is 32.2. The summed E-state index contributed by atoms with van der Waals surface area (Å²) >= 11 is 0. The molecule has 22 heavy (non-hydrogen) atoms. The van der Waals surface area contributed by atoms with Crippen molar-refractivity contribution in [3.8, 4) is 0 Å². The Morgan fingerprint density at radius 3 is 2.18 bits per heavy atom. The number of hydrogen-bond acceptors (Lipinski definition) is 6. The summed E-state index contributed by atoms with van der Waals surface area (Å²) in [6.07, 6.45) is -1.05. The summed E-state index contributed by atoms with van der Waals surface area (Å²) in [5.41, 5.74) is 0.280. The van der Waals surface area contributed by atoms with E-state index in [0.717, 1.165) is 6.26 Å². The molecule has 0 aliphatic heterocycles. The molecule has 0 saturated heterocycles. The van der Waals surface area contributed by atoms with E-state index >= 15 is 0 Å². The minimum absolute atomic E-state index is 0.0684. The Labute approximate surface area is 127 Å². The molecule has 8 nitrogen and oxygen atoms in total. The van der Waals surface area contributed by atoms with Crippen molar-refractivity contribution in [3.05, 3.63) is 29.8 Å². The molecule has 0 aliphatic carbocycles. The molecule has 1 amide bonds. The molecule has 4 N–H and O–H groups in total. The molecule has 0 radical (unpaired) electrons. The molecule has 1 rings (SSSR count). The van der Waals surface area contributed by atoms with E-state index in [1.165, 1.54) is 24.3 Å². The summed E-state index contributed by atoms with van der Waals surface area (Å²) in [6.45, 7) is -0.611. The van der Waals surface area contributed by atoms with E-state index in [9.17, 15) is 28.2 Å². The molecule has 0 fully saturated rings. The number of rotatable bonds is 7. The van der Waals surface area contributed by atoms with Gasteiger partial charge >= 0.3 is 5.97 Å². The van der Waals surface area contributed by atoms with Gasteiger partial charge in [0.15, 0.2) is 9.84 Å². The van der Waals surface area contributed by atoms with Gasteiger partial charge in [-0.25, -0.2) is 8.42 Å². The summed E-state index contributed by atoms with van der Waals surface area (Å²) in [5.74, 6) is -2.18. The number of carboxylic acids is 1. The quantitative estimate of drug-likeness (QED) is 0.473. The SMILES string of the molecule is CS(=O)(=O)c1ccc(C(O)C(CO)NC(=O)CC(=O)O)cc1. The van der Waals surface area contributed by atoms with Gasteiger partial charge in [-0.3, -0.25) is 9.59 Å². The standard InChI is InChI=1S/C13H17NO7S/c1-22(20,21)9-4-2-8(3-5-9)13(19)10(7-15)14-11(16)6-12(17)18/h2-5,10,13,15,19H,6-7H2,1H3,(H,14,16)(H,17,18). The van der Waals surface area contributed by atoms with Crippen molar-refractivity contribution >= 4 is 21.7 Å². The van der Waals surface area contributed by atoms with Crippen molar-refractivity contribution in [2.75, 3.05) is 12.9 Å². The molecular weight excluding hydrogens is 314 g/mol. The number of aliphatic hydroxyl groups excluding tert-OH is 2. The number of nitrogens with one attached hydrogen (secondary N) is 1. The van der Waals surface area contributed by atoms with Crippen LogP contribution in [0, 0.1) is 0 Å². The van der Waals surface area contributed by atoms with Gasteiger partial charge in [-0.2, -0.15) is 0 Å². The van der Waals surface area contributed by atoms with Crippen molar-refractivity contribution in [2.24, 2.45) is 0 Å². The Morgan fingerprint density at radius 1 is 1.23 bits per heavy atom. The van der Waals surface area contributed by atoms with Crippen LogP contribution in [0.5, 0.6) is 0 Å². The molecular formula is C13H17NO7S. The first kappa shape index (κ1) is 18.1. The number of sulfone groups is 1. The maximum Gasteiger partial charge on any atom is 0.312 e. The first-order valence-electron chi connectivity index (χ1n) is 6.25. The van der Waals surface area contributed by atoms with Gasteiger partial charge in [-0.1, -0.05) is 12.1 Å². The van der Waals surface area contributed by atoms with Crippen LogP contribution < -0.4 is 5.32 Å². The molecule has 0 saturated carbocycles. The lowest BCUT2D eigenvalue weighted by molar-refractivity contribution is -0.141. The highest BCUT2D eigenvalue weighted by Crippen LogP contribution is 2.19. The van der Waals surface area contributed by atoms with Gasteiger partial charge in [-0.05, 0) is 17.7 Å². The Morgan fingerprint density at radius 2 is 1.77 bits per heavy atom. The van der Waals surface area contributed by atoms with E-state index < -0.39 is 46.9 Å². The van der Waals surface area contributed by atoms with Crippen LogP contribution in [-0.2, 0) is 19.4 Å². The van der Waals surface area contributed by atoms with Crippen LogP contribution >= 0.6 is 0 Å². The highest BCUT2D eigenvalue weighted by Gasteiger charge is 2.23. The third-order valence-corrected chi connectivity index (χ3v) is 4.01. The summed E-state index contributed by atoms with van der Waals surface area (Å²) in [6, 6.07) is 4.19. The van der Waals surface area contributed by atoms with Crippen molar-refractivity contribution in [1.29, 1.82) is 0 Å². The third-order valence-electron chi connectivity index (χ3n) is 2.89. The zero-order valence-electron chi connectivity index (χ0n) is 11.8. The minimum Gasteiger partial charge on any atom is -0.481 e. The fourth-order valence-corrected chi connectivity index (χ4v) is 2.39. The molecule has 9 heteroatoms. The van der Waals surface area contributed by atoms with E-state index in [-0.39, 0.29) is 10.5 Å². The number of carbonyl (C=O) groups excluding carboxylic acids is 1. The molecule has 122 valence electrons. The summed E-state index contributed by atoms with van der Waals surface area (Å²) < 4.78 is 22.7. The molecule has 1 aromatic carbocycles. The van der Waals surface area contributed by atoms with E-state index in [4.69, 9.17) is 5.11 Å². The number of aliphatic carboxylic acids is 1. The molecule has 2 atom stereocenters. The first-order chi connectivity index (χ1) is 10.1. The zero-order chi connectivity index (χ0) is 16.9. The Hall–Kier alpha value is -1.97. The monoisotopic (exact) mass is 331 g/mol. The van der Waals surface area contributed by atoms with Crippen molar-refractivity contribution in [1.82, 2.24) is 5.32 Å². The number of amides is 1. The van der Waals surface area contributed by atoms with Gasteiger partial charge < -0.3 is 20.6 Å². The average molecular weight is 331 g/mol. The lowest BCUT2D eigenvalue weighted by Gasteiger charge is -2.22. The second kappa shape index (κ2) is 7.34. The first-order valence-corrected chi connectivity index (χ1v) is 8.14. The Bertz CT molecular complexity index is 639. The van der Waals surface area contributed by atoms with Crippen LogP contribution in [0.1, 0.15) is 18.1 Å². The highest BCUT2D eigenvalue weighted by molar-refractivity contribution is 7.90. The fraction of sp³-hybridized carbons (Fsp3) is 0.385. The topological polar surface area (TPSA) is 141 Å². The maximum absolute atomic E-state index is 11.4. The van der Waals surface area contributed by atoms with Gasteiger partial charge in [0.25, 0.3) is 0 Å². The van der Waals surface area contributed by atoms with Gasteiger partial charge in [0.2, 0.25) is 5.91 Å². The summed E-state index contributed by atoms with van der Waals surface area (Å²) in [7, 11) is -3.37. The largest absolute Gasteiger partial charge is 0.481 e. The van der Waals surface area contributed by atoms with Gasteiger partial charge in [0.05, 0.1) is 17.5 Å². The fourth-order valence-electron chi connectivity index (χ4n) is 1.76. The minimum atomic E-state index is -3.37. The van der Waals surface area contributed by atoms with Gasteiger partial charge in [-0.15, -0.1) is 0 Å².